The fourth-order valence-electron chi connectivity index (χ4n) is 3.73. The topological polar surface area (TPSA) is 105 Å². The molecule has 2 aromatic carbocycles. The number of ether oxygens (including phenoxy) is 4. The highest BCUT2D eigenvalue weighted by Gasteiger charge is 2.28. The number of nitrogens with two attached hydrogens (primary N) is 1. The van der Waals surface area contributed by atoms with Gasteiger partial charge in [0.05, 0.1) is 43.5 Å². The minimum Gasteiger partial charge on any atom is -0.493 e. The number of nitrogens with one attached hydrogen (secondary N) is 1. The largest absolute Gasteiger partial charge is 0.493 e. The zero-order valence-electron chi connectivity index (χ0n) is 16.4. The molecule has 3 N–H and O–H groups in total. The predicted octanol–water partition coefficient (Wildman–Crippen LogP) is 3.16. The minimum atomic E-state index is -0.506. The molecule has 5 rings (SSSR count). The molecule has 10 heteroatoms. The Morgan fingerprint density at radius 2 is 1.90 bits per heavy atom. The Morgan fingerprint density at radius 3 is 2.63 bits per heavy atom. The number of nitrogens with zero attached hydrogens (tertiary/aromatic N) is 3. The smallest absolute Gasteiger partial charge is 0.212 e. The van der Waals surface area contributed by atoms with E-state index >= 15 is 0 Å². The normalized spacial score (nSPS) is 17.6. The molecule has 1 atom stereocenters. The van der Waals surface area contributed by atoms with Gasteiger partial charge in [-0.1, -0.05) is 11.6 Å². The minimum absolute atomic E-state index is 0.253. The third-order valence-electron chi connectivity index (χ3n) is 5.06. The van der Waals surface area contributed by atoms with Gasteiger partial charge in [0.25, 0.3) is 0 Å². The van der Waals surface area contributed by atoms with Crippen LogP contribution in [0.25, 0.3) is 11.0 Å². The summed E-state index contributed by atoms with van der Waals surface area (Å²) in [6.07, 6.45) is 0.320. The monoisotopic (exact) mass is 429 g/mol. The van der Waals surface area contributed by atoms with Crippen LogP contribution in [0.15, 0.2) is 29.3 Å². The van der Waals surface area contributed by atoms with Crippen LogP contribution in [-0.2, 0) is 0 Å². The van der Waals surface area contributed by atoms with Crippen LogP contribution >= 0.6 is 11.6 Å². The first kappa shape index (κ1) is 18.7. The standard InChI is InChI=1S/C20H20ClN5O4/c1-27-16-7-10(6-11(21)17(16)28-2)18-24-19(22)25-20-23-12-8-14-15(9-13(12)26(18)20)30-5-3-4-29-14/h6-9,18H,3-5H2,1-2H3,(H3,22,23,24,25)/t18-/m1/s1. The van der Waals surface area contributed by atoms with Gasteiger partial charge in [-0.2, -0.15) is 0 Å². The number of aliphatic imine (C=N–C) groups is 1. The molecule has 0 radical (unpaired) electrons. The van der Waals surface area contributed by atoms with Gasteiger partial charge < -0.3 is 24.7 Å². The van der Waals surface area contributed by atoms with E-state index in [9.17, 15) is 0 Å². The van der Waals surface area contributed by atoms with Crippen molar-refractivity contribution in [1.82, 2.24) is 9.55 Å². The summed E-state index contributed by atoms with van der Waals surface area (Å²) in [6.45, 7) is 1.20. The molecule has 0 bridgehead atoms. The molecule has 156 valence electrons. The van der Waals surface area contributed by atoms with Gasteiger partial charge in [-0.05, 0) is 12.1 Å². The highest BCUT2D eigenvalue weighted by molar-refractivity contribution is 6.32. The lowest BCUT2D eigenvalue weighted by Gasteiger charge is -2.25. The predicted molar refractivity (Wildman–Crippen MR) is 113 cm³/mol. The van der Waals surface area contributed by atoms with Crippen molar-refractivity contribution in [3.8, 4) is 23.0 Å². The molecule has 3 aromatic rings. The zero-order chi connectivity index (χ0) is 20.8. The molecule has 0 saturated heterocycles. The van der Waals surface area contributed by atoms with E-state index in [1.54, 1.807) is 20.3 Å². The molecular formula is C20H20ClN5O4. The maximum Gasteiger partial charge on any atom is 0.212 e. The summed E-state index contributed by atoms with van der Waals surface area (Å²) in [5.41, 5.74) is 8.39. The summed E-state index contributed by atoms with van der Waals surface area (Å²) >= 11 is 6.44. The second-order valence-corrected chi connectivity index (χ2v) is 7.30. The molecule has 0 spiro atoms. The molecule has 9 nitrogen and oxygen atoms in total. The van der Waals surface area contributed by atoms with Crippen LogP contribution in [0.2, 0.25) is 5.02 Å². The molecule has 30 heavy (non-hydrogen) atoms. The number of benzene rings is 2. The third kappa shape index (κ3) is 2.93. The quantitative estimate of drug-likeness (QED) is 0.658. The fraction of sp³-hybridized carbons (Fsp3) is 0.300. The van der Waals surface area contributed by atoms with Crippen molar-refractivity contribution in [2.75, 3.05) is 32.8 Å². The van der Waals surface area contributed by atoms with Crippen molar-refractivity contribution in [2.24, 2.45) is 10.7 Å². The van der Waals surface area contributed by atoms with Gasteiger partial charge in [0.15, 0.2) is 35.1 Å². The first-order valence-electron chi connectivity index (χ1n) is 9.42. The summed E-state index contributed by atoms with van der Waals surface area (Å²) in [7, 11) is 3.10. The van der Waals surface area contributed by atoms with Crippen molar-refractivity contribution in [3.05, 3.63) is 34.9 Å². The average Bonchev–Trinajstić information content (AvgIpc) is 2.91. The lowest BCUT2D eigenvalue weighted by molar-refractivity contribution is 0.297. The van der Waals surface area contributed by atoms with Crippen molar-refractivity contribution in [3.63, 3.8) is 0 Å². The van der Waals surface area contributed by atoms with Crippen LogP contribution in [0.3, 0.4) is 0 Å². The molecule has 0 saturated carbocycles. The number of methoxy groups -OCH3 is 2. The SMILES string of the molecule is COc1cc([C@@H]2N=C(N)Nc3nc4cc5c(cc4n32)OCCCO5)cc(Cl)c1OC. The van der Waals surface area contributed by atoms with Crippen LogP contribution in [0.4, 0.5) is 5.95 Å². The lowest BCUT2D eigenvalue weighted by Crippen LogP contribution is -2.31. The zero-order valence-corrected chi connectivity index (χ0v) is 17.2. The van der Waals surface area contributed by atoms with E-state index in [2.05, 4.69) is 15.3 Å². The summed E-state index contributed by atoms with van der Waals surface area (Å²) in [4.78, 5) is 9.28. The van der Waals surface area contributed by atoms with Crippen molar-refractivity contribution in [1.29, 1.82) is 0 Å². The number of rotatable bonds is 3. The van der Waals surface area contributed by atoms with Gasteiger partial charge in [-0.15, -0.1) is 0 Å². The number of fused-ring (bicyclic) bond motifs is 4. The Morgan fingerprint density at radius 1 is 1.13 bits per heavy atom. The van der Waals surface area contributed by atoms with E-state index in [1.165, 1.54) is 0 Å². The van der Waals surface area contributed by atoms with Crippen molar-refractivity contribution in [2.45, 2.75) is 12.6 Å². The van der Waals surface area contributed by atoms with Crippen molar-refractivity contribution >= 4 is 34.5 Å². The molecule has 2 aliphatic rings. The fourth-order valence-corrected chi connectivity index (χ4v) is 4.03. The number of aromatic nitrogens is 2. The van der Waals surface area contributed by atoms with E-state index in [0.717, 1.165) is 23.0 Å². The van der Waals surface area contributed by atoms with Crippen LogP contribution in [-0.4, -0.2) is 42.9 Å². The Bertz CT molecular complexity index is 1180. The first-order chi connectivity index (χ1) is 14.6. The number of imidazole rings is 1. The van der Waals surface area contributed by atoms with Crippen LogP contribution < -0.4 is 30.0 Å². The summed E-state index contributed by atoms with van der Waals surface area (Å²) in [5, 5.41) is 3.44. The van der Waals surface area contributed by atoms with E-state index in [0.29, 0.717) is 47.2 Å². The number of hydrogen-bond acceptors (Lipinski definition) is 8. The summed E-state index contributed by atoms with van der Waals surface area (Å²) in [6, 6.07) is 7.41. The molecule has 0 aliphatic carbocycles. The van der Waals surface area contributed by atoms with Gasteiger partial charge in [0.2, 0.25) is 5.95 Å². The summed E-state index contributed by atoms with van der Waals surface area (Å²) < 4.78 is 24.4. The van der Waals surface area contributed by atoms with Crippen LogP contribution in [0.5, 0.6) is 23.0 Å². The first-order valence-corrected chi connectivity index (χ1v) is 9.80. The Kier molecular flexibility index (Phi) is 4.47. The number of anilines is 1. The number of guanidine groups is 1. The van der Waals surface area contributed by atoms with E-state index in [4.69, 9.17) is 36.3 Å². The van der Waals surface area contributed by atoms with Gasteiger partial charge in [0, 0.05) is 24.1 Å². The Labute approximate surface area is 177 Å². The highest BCUT2D eigenvalue weighted by Crippen LogP contribution is 2.42. The average molecular weight is 430 g/mol. The molecular weight excluding hydrogens is 410 g/mol. The van der Waals surface area contributed by atoms with Crippen LogP contribution in [0.1, 0.15) is 18.2 Å². The maximum atomic E-state index is 6.44. The van der Waals surface area contributed by atoms with Crippen LogP contribution in [0, 0.1) is 0 Å². The van der Waals surface area contributed by atoms with Gasteiger partial charge in [-0.3, -0.25) is 9.88 Å². The summed E-state index contributed by atoms with van der Waals surface area (Å²) in [5.74, 6) is 3.13. The third-order valence-corrected chi connectivity index (χ3v) is 5.34. The van der Waals surface area contributed by atoms with Gasteiger partial charge in [-0.25, -0.2) is 9.98 Å². The molecule has 0 unspecified atom stereocenters. The van der Waals surface area contributed by atoms with E-state index < -0.39 is 6.17 Å². The van der Waals surface area contributed by atoms with Crippen molar-refractivity contribution < 1.29 is 18.9 Å². The second-order valence-electron chi connectivity index (χ2n) is 6.89. The Hall–Kier alpha value is -3.33. The number of halogens is 1. The van der Waals surface area contributed by atoms with E-state index in [-0.39, 0.29) is 5.96 Å². The molecule has 3 heterocycles. The molecule has 1 aromatic heterocycles. The number of hydrogen-bond donors (Lipinski definition) is 2. The molecule has 2 aliphatic heterocycles. The van der Waals surface area contributed by atoms with Gasteiger partial charge in [0.1, 0.15) is 0 Å². The van der Waals surface area contributed by atoms with Gasteiger partial charge >= 0.3 is 0 Å². The molecule has 0 fully saturated rings. The maximum absolute atomic E-state index is 6.44. The van der Waals surface area contributed by atoms with E-state index in [1.807, 2.05) is 22.8 Å². The highest BCUT2D eigenvalue weighted by atomic mass is 35.5. The second kappa shape index (κ2) is 7.17. The Balaban J connectivity index is 1.70. The lowest BCUT2D eigenvalue weighted by atomic mass is 10.1. The molecule has 0 amide bonds.